The molecule has 0 aliphatic rings. The molecule has 0 N–H and O–H groups in total. The van der Waals surface area contributed by atoms with E-state index in [1.165, 1.54) is 0 Å². The van der Waals surface area contributed by atoms with Crippen molar-refractivity contribution in [1.29, 1.82) is 0 Å². The first-order chi connectivity index (χ1) is 36.2. The molecule has 0 heterocycles. The quantitative estimate of drug-likeness (QED) is 0.169. The topological polar surface area (TPSA) is 138 Å². The summed E-state index contributed by atoms with van der Waals surface area (Å²) < 4.78 is 0. The van der Waals surface area contributed by atoms with Gasteiger partial charge in [0.25, 0.3) is 0 Å². The minimum Gasteiger partial charge on any atom is -0.872 e. The predicted octanol–water partition coefficient (Wildman–Crippen LogP) is -2.53. The molecule has 0 aliphatic carbocycles. The Morgan fingerprint density at radius 2 is 0.430 bits per heavy atom. The van der Waals surface area contributed by atoms with Gasteiger partial charge in [0.15, 0.2) is 0 Å². The van der Waals surface area contributed by atoms with E-state index in [1.807, 2.05) is 98.8 Å². The van der Waals surface area contributed by atoms with Crippen molar-refractivity contribution in [3.8, 4) is 23.0 Å². The van der Waals surface area contributed by atoms with E-state index in [1.54, 1.807) is 0 Å². The Labute approximate surface area is 596 Å². The van der Waals surface area contributed by atoms with E-state index in [2.05, 4.69) is 190 Å². The molecule has 0 fully saturated rings. The Kier molecular flexibility index (Phi) is 37.0. The maximum Gasteiger partial charge on any atom is 1.00 e. The summed E-state index contributed by atoms with van der Waals surface area (Å²) in [6, 6.07) is 35.0. The van der Waals surface area contributed by atoms with Crippen LogP contribution in [-0.4, -0.2) is 0 Å². The van der Waals surface area contributed by atoms with Gasteiger partial charge in [-0.1, -0.05) is 300 Å². The van der Waals surface area contributed by atoms with Crippen molar-refractivity contribution >= 4 is 0 Å². The molecule has 6 nitrogen and oxygen atoms in total. The maximum absolute atomic E-state index is 13.7. The zero-order chi connectivity index (χ0) is 61.7. The molecule has 0 unspecified atom stereocenters. The maximum atomic E-state index is 13.7. The van der Waals surface area contributed by atoms with E-state index in [0.29, 0.717) is 0 Å². The molecule has 0 radical (unpaired) electrons. The summed E-state index contributed by atoms with van der Waals surface area (Å²) in [5.41, 5.74) is 11.0. The standard InChI is InChI=1S/2C30H46O2.2C7H7O.6Li/c2*1-18(21-14-19(27(2,3)4)16-23(25(21)31)29(8,9)10)22-15-20(28(5,6)7)17-24(26(22)32)30(11,12)13;2*8-6-7-4-2-1-3-5-7;;;;;;/h2*14-18,31-32H,1-13H3;2*1-5H,6H2;;;;;;/q;;2*-1;6*+1/p-4. The van der Waals surface area contributed by atoms with Gasteiger partial charge in [-0.15, -0.1) is 36.2 Å². The van der Waals surface area contributed by atoms with Crippen molar-refractivity contribution in [3.05, 3.63) is 187 Å². The second kappa shape index (κ2) is 35.2. The molecule has 6 rings (SSSR count). The van der Waals surface area contributed by atoms with Crippen molar-refractivity contribution in [3.63, 3.8) is 0 Å². The molecule has 440 valence electrons. The molecule has 0 atom stereocenters. The van der Waals surface area contributed by atoms with Crippen LogP contribution in [0.5, 0.6) is 23.0 Å². The van der Waals surface area contributed by atoms with E-state index in [0.717, 1.165) is 77.9 Å². The number of rotatable bonds is 6. The molecule has 0 amide bonds. The van der Waals surface area contributed by atoms with Gasteiger partial charge >= 0.3 is 113 Å². The molecular weight excluding hydrogens is 1030 g/mol. The second-order valence-corrected chi connectivity index (χ2v) is 30.5. The van der Waals surface area contributed by atoms with Crippen molar-refractivity contribution in [1.82, 2.24) is 0 Å². The average molecular weight is 1130 g/mol. The summed E-state index contributed by atoms with van der Waals surface area (Å²) in [5.74, 6) is -0.290. The van der Waals surface area contributed by atoms with Crippen molar-refractivity contribution in [2.75, 3.05) is 0 Å². The summed E-state index contributed by atoms with van der Waals surface area (Å²) >= 11 is 0. The molecule has 12 heteroatoms. The third-order valence-electron chi connectivity index (χ3n) is 15.1. The van der Waals surface area contributed by atoms with Crippen molar-refractivity contribution < 1.29 is 144 Å². The predicted molar refractivity (Wildman–Crippen MR) is 328 cm³/mol. The van der Waals surface area contributed by atoms with Crippen molar-refractivity contribution in [2.45, 2.75) is 248 Å². The van der Waals surface area contributed by atoms with Crippen LogP contribution >= 0.6 is 0 Å². The molecule has 0 spiro atoms. The second-order valence-electron chi connectivity index (χ2n) is 30.5. The van der Waals surface area contributed by atoms with Crippen LogP contribution in [0.4, 0.5) is 0 Å². The summed E-state index contributed by atoms with van der Waals surface area (Å²) in [6.07, 6.45) is 0. The summed E-state index contributed by atoms with van der Waals surface area (Å²) in [4.78, 5) is 0. The molecule has 0 saturated carbocycles. The fourth-order valence-corrected chi connectivity index (χ4v) is 9.34. The van der Waals surface area contributed by atoms with Gasteiger partial charge in [0.2, 0.25) is 0 Å². The van der Waals surface area contributed by atoms with E-state index >= 15 is 0 Å². The zero-order valence-corrected chi connectivity index (χ0v) is 60.4. The fraction of sp³-hybridized carbons (Fsp3) is 0.514. The Bertz CT molecular complexity index is 2620. The fourth-order valence-electron chi connectivity index (χ4n) is 9.34. The molecule has 86 heavy (non-hydrogen) atoms. The first-order valence-corrected chi connectivity index (χ1v) is 28.9. The van der Waals surface area contributed by atoms with Crippen LogP contribution in [0.3, 0.4) is 0 Å². The van der Waals surface area contributed by atoms with Gasteiger partial charge in [0.05, 0.1) is 0 Å². The van der Waals surface area contributed by atoms with Gasteiger partial charge in [0.1, 0.15) is 0 Å². The van der Waals surface area contributed by atoms with Crippen LogP contribution in [0.1, 0.15) is 270 Å². The van der Waals surface area contributed by atoms with Gasteiger partial charge in [-0.2, -0.15) is 0 Å². The summed E-state index contributed by atoms with van der Waals surface area (Å²) in [7, 11) is 0. The van der Waals surface area contributed by atoms with E-state index in [9.17, 15) is 30.6 Å². The van der Waals surface area contributed by atoms with Gasteiger partial charge in [-0.05, 0) is 110 Å². The number of hydrogen-bond donors (Lipinski definition) is 0. The molecule has 0 bridgehead atoms. The Morgan fingerprint density at radius 1 is 0.267 bits per heavy atom. The van der Waals surface area contributed by atoms with Crippen LogP contribution in [-0.2, 0) is 56.5 Å². The molecule has 0 aliphatic heterocycles. The van der Waals surface area contributed by atoms with Gasteiger partial charge in [-0.3, -0.25) is 0 Å². The van der Waals surface area contributed by atoms with Crippen LogP contribution in [0, 0.1) is 0 Å². The summed E-state index contributed by atoms with van der Waals surface area (Å²) in [6.45, 7) is 54.9. The Morgan fingerprint density at radius 3 is 0.547 bits per heavy atom. The first kappa shape index (κ1) is 90.4. The Hall–Kier alpha value is -1.98. The SMILES string of the molecule is CC(c1cc(C(C)(C)C)cc(C(C)(C)C)c1[O-])c1cc(C(C)(C)C)cc(C(C)(C)C)c1[O-].CC(c1cc(C(C)(C)C)cc(C(C)(C)C)c1[O-])c1cc(C(C)(C)C)cc(C(C)(C)C)c1[O-].[Li+].[Li+].[Li+].[Li+].[Li+].[Li+].[O-]Cc1ccccc1.[O-]Cc1ccccc1. The van der Waals surface area contributed by atoms with E-state index in [-0.39, 0.29) is 205 Å². The van der Waals surface area contributed by atoms with Crippen LogP contribution in [0.15, 0.2) is 109 Å². The summed E-state index contributed by atoms with van der Waals surface area (Å²) in [5, 5.41) is 75.0. The molecule has 6 aromatic carbocycles. The smallest absolute Gasteiger partial charge is 0.872 e. The minimum atomic E-state index is -0.276. The average Bonchev–Trinajstić information content (AvgIpc) is 2.24. The zero-order valence-electron chi connectivity index (χ0n) is 60.4. The first-order valence-electron chi connectivity index (χ1n) is 28.9. The minimum absolute atomic E-state index is 0. The van der Waals surface area contributed by atoms with Crippen LogP contribution < -0.4 is 144 Å². The molecule has 0 saturated heterocycles. The molecular formula is C74H102Li6O6. The Balaban J connectivity index is -0.000000585. The normalized spacial score (nSPS) is 11.9. The molecule has 0 aromatic heterocycles. The third kappa shape index (κ3) is 25.3. The van der Waals surface area contributed by atoms with Crippen molar-refractivity contribution in [2.24, 2.45) is 0 Å². The third-order valence-corrected chi connectivity index (χ3v) is 15.1. The van der Waals surface area contributed by atoms with Gasteiger partial charge in [0, 0.05) is 11.8 Å². The van der Waals surface area contributed by atoms with E-state index in [4.69, 9.17) is 0 Å². The van der Waals surface area contributed by atoms with Gasteiger partial charge < -0.3 is 30.6 Å². The van der Waals surface area contributed by atoms with Crippen LogP contribution in [0.25, 0.3) is 0 Å². The van der Waals surface area contributed by atoms with E-state index < -0.39 is 0 Å². The van der Waals surface area contributed by atoms with Crippen LogP contribution in [0.2, 0.25) is 0 Å². The number of benzene rings is 6. The number of hydrogen-bond acceptors (Lipinski definition) is 6. The molecule has 6 aromatic rings. The monoisotopic (exact) mass is 1130 g/mol. The van der Waals surface area contributed by atoms with Gasteiger partial charge in [-0.25, -0.2) is 0 Å². The largest absolute Gasteiger partial charge is 1.00 e.